The Hall–Kier alpha value is -1.77. The summed E-state index contributed by atoms with van der Waals surface area (Å²) in [5, 5.41) is 8.64. The molecule has 26 heavy (non-hydrogen) atoms. The number of aromatic nitrogens is 2. The van der Waals surface area contributed by atoms with Crippen molar-refractivity contribution in [1.29, 1.82) is 0 Å². The highest BCUT2D eigenvalue weighted by atomic mass is 19.1. The average molecular weight is 355 g/mol. The van der Waals surface area contributed by atoms with Gasteiger partial charge in [0.25, 0.3) is 0 Å². The van der Waals surface area contributed by atoms with Crippen LogP contribution >= 0.6 is 0 Å². The van der Waals surface area contributed by atoms with Crippen molar-refractivity contribution in [2.24, 2.45) is 11.8 Å². The highest BCUT2D eigenvalue weighted by Crippen LogP contribution is 2.31. The van der Waals surface area contributed by atoms with Crippen molar-refractivity contribution < 1.29 is 4.39 Å². The van der Waals surface area contributed by atoms with Crippen LogP contribution in [-0.2, 0) is 12.8 Å². The summed E-state index contributed by atoms with van der Waals surface area (Å²) in [6.45, 7) is 4.51. The first kappa shape index (κ1) is 19.0. The summed E-state index contributed by atoms with van der Waals surface area (Å²) in [6.07, 6.45) is 10.7. The second-order valence-corrected chi connectivity index (χ2v) is 7.99. The Morgan fingerprint density at radius 2 is 1.81 bits per heavy atom. The van der Waals surface area contributed by atoms with Crippen LogP contribution in [0, 0.1) is 17.7 Å². The van der Waals surface area contributed by atoms with E-state index < -0.39 is 0 Å². The minimum Gasteiger partial charge on any atom is -0.206 e. The van der Waals surface area contributed by atoms with Gasteiger partial charge in [0.05, 0.1) is 11.4 Å². The molecular weight excluding hydrogens is 323 g/mol. The molecule has 1 aliphatic rings. The van der Waals surface area contributed by atoms with Gasteiger partial charge in [-0.05, 0) is 67.3 Å². The van der Waals surface area contributed by atoms with Gasteiger partial charge in [-0.2, -0.15) is 10.2 Å². The van der Waals surface area contributed by atoms with Crippen molar-refractivity contribution in [3.63, 3.8) is 0 Å². The summed E-state index contributed by atoms with van der Waals surface area (Å²) in [4.78, 5) is 0. The van der Waals surface area contributed by atoms with E-state index in [2.05, 4.69) is 24.0 Å². The van der Waals surface area contributed by atoms with E-state index in [0.717, 1.165) is 48.8 Å². The molecule has 1 heterocycles. The zero-order chi connectivity index (χ0) is 18.4. The van der Waals surface area contributed by atoms with E-state index >= 15 is 0 Å². The maximum absolute atomic E-state index is 14.4. The molecule has 0 unspecified atom stereocenters. The Kier molecular flexibility index (Phi) is 6.76. The summed E-state index contributed by atoms with van der Waals surface area (Å²) >= 11 is 0. The van der Waals surface area contributed by atoms with Crippen LogP contribution < -0.4 is 0 Å². The topological polar surface area (TPSA) is 25.8 Å². The number of halogens is 1. The molecule has 0 radical (unpaired) electrons. The molecule has 2 nitrogen and oxygen atoms in total. The first-order valence-corrected chi connectivity index (χ1v) is 10.3. The number of rotatable bonds is 7. The second-order valence-electron chi connectivity index (χ2n) is 7.99. The normalized spacial score (nSPS) is 20.3. The van der Waals surface area contributed by atoms with Crippen molar-refractivity contribution >= 4 is 0 Å². The summed E-state index contributed by atoms with van der Waals surface area (Å²) in [6, 6.07) is 9.42. The smallest absolute Gasteiger partial charge is 0.132 e. The van der Waals surface area contributed by atoms with Gasteiger partial charge in [-0.15, -0.1) is 0 Å². The number of unbranched alkanes of at least 4 members (excludes halogenated alkanes) is 1. The predicted molar refractivity (Wildman–Crippen MR) is 105 cm³/mol. The maximum atomic E-state index is 14.4. The molecule has 0 saturated heterocycles. The predicted octanol–water partition coefficient (Wildman–Crippen LogP) is 6.38. The van der Waals surface area contributed by atoms with Crippen LogP contribution in [0.5, 0.6) is 0 Å². The molecule has 0 bridgehead atoms. The van der Waals surface area contributed by atoms with Crippen LogP contribution in [0.1, 0.15) is 70.1 Å². The molecule has 1 fully saturated rings. The molecule has 3 heteroatoms. The van der Waals surface area contributed by atoms with Crippen LogP contribution in [0.25, 0.3) is 11.3 Å². The Morgan fingerprint density at radius 1 is 1.00 bits per heavy atom. The quantitative estimate of drug-likeness (QED) is 0.576. The zero-order valence-electron chi connectivity index (χ0n) is 16.2. The third-order valence-corrected chi connectivity index (χ3v) is 5.79. The first-order valence-electron chi connectivity index (χ1n) is 10.3. The molecule has 3 rings (SSSR count). The van der Waals surface area contributed by atoms with Gasteiger partial charge >= 0.3 is 0 Å². The van der Waals surface area contributed by atoms with Crippen molar-refractivity contribution in [2.75, 3.05) is 0 Å². The lowest BCUT2D eigenvalue weighted by Crippen LogP contribution is -2.13. The Morgan fingerprint density at radius 3 is 2.46 bits per heavy atom. The summed E-state index contributed by atoms with van der Waals surface area (Å²) in [5.41, 5.74) is 3.25. The van der Waals surface area contributed by atoms with Crippen LogP contribution in [0.15, 0.2) is 30.3 Å². The van der Waals surface area contributed by atoms with Crippen molar-refractivity contribution in [2.45, 2.75) is 71.6 Å². The van der Waals surface area contributed by atoms with E-state index in [-0.39, 0.29) is 5.82 Å². The molecule has 1 saturated carbocycles. The first-order chi connectivity index (χ1) is 12.7. The van der Waals surface area contributed by atoms with E-state index in [1.54, 1.807) is 6.07 Å². The lowest BCUT2D eigenvalue weighted by Gasteiger charge is -2.25. The molecule has 0 amide bonds. The Balaban J connectivity index is 1.58. The largest absolute Gasteiger partial charge is 0.206 e. The van der Waals surface area contributed by atoms with E-state index in [1.165, 1.54) is 32.1 Å². The van der Waals surface area contributed by atoms with Crippen molar-refractivity contribution in [3.8, 4) is 11.3 Å². The molecule has 140 valence electrons. The van der Waals surface area contributed by atoms with Gasteiger partial charge in [0.2, 0.25) is 0 Å². The second kappa shape index (κ2) is 9.25. The fourth-order valence-electron chi connectivity index (χ4n) is 3.91. The van der Waals surface area contributed by atoms with Gasteiger partial charge in [0, 0.05) is 5.56 Å². The molecule has 0 spiro atoms. The summed E-state index contributed by atoms with van der Waals surface area (Å²) in [7, 11) is 0. The highest BCUT2D eigenvalue weighted by molar-refractivity contribution is 5.59. The average Bonchev–Trinajstić information content (AvgIpc) is 2.66. The number of aryl methyl sites for hydroxylation is 2. The number of hydrogen-bond acceptors (Lipinski definition) is 2. The number of hydrogen-bond donors (Lipinski definition) is 0. The lowest BCUT2D eigenvalue weighted by molar-refractivity contribution is 0.277. The van der Waals surface area contributed by atoms with E-state index in [4.69, 9.17) is 0 Å². The van der Waals surface area contributed by atoms with Gasteiger partial charge in [0.1, 0.15) is 5.82 Å². The molecule has 1 aromatic heterocycles. The SMILES string of the molecule is CCCCc1ccc(-c2ccc(CCC3CCC(C)CC3)nn2)c(F)c1. The zero-order valence-corrected chi connectivity index (χ0v) is 16.2. The minimum absolute atomic E-state index is 0.197. The third kappa shape index (κ3) is 5.12. The number of nitrogens with zero attached hydrogens (tertiary/aromatic N) is 2. The molecule has 2 aromatic rings. The molecule has 0 atom stereocenters. The van der Waals surface area contributed by atoms with Gasteiger partial charge in [-0.3, -0.25) is 0 Å². The molecule has 0 aliphatic heterocycles. The molecule has 0 N–H and O–H groups in total. The molecule has 1 aliphatic carbocycles. The van der Waals surface area contributed by atoms with Crippen LogP contribution in [0.4, 0.5) is 4.39 Å². The standard InChI is InChI=1S/C23H31FN2/c1-3-4-5-19-11-14-21(22(24)16-19)23-15-13-20(25-26-23)12-10-18-8-6-17(2)7-9-18/h11,13-18H,3-10,12H2,1-2H3. The summed E-state index contributed by atoms with van der Waals surface area (Å²) in [5.74, 6) is 1.53. The van der Waals surface area contributed by atoms with Crippen molar-refractivity contribution in [1.82, 2.24) is 10.2 Å². The molecule has 1 aromatic carbocycles. The monoisotopic (exact) mass is 354 g/mol. The Labute approximate surface area is 157 Å². The van der Waals surface area contributed by atoms with Gasteiger partial charge in [-0.25, -0.2) is 4.39 Å². The maximum Gasteiger partial charge on any atom is 0.132 e. The minimum atomic E-state index is -0.197. The van der Waals surface area contributed by atoms with Crippen LogP contribution in [0.2, 0.25) is 0 Å². The summed E-state index contributed by atoms with van der Waals surface area (Å²) < 4.78 is 14.4. The number of benzene rings is 1. The van der Waals surface area contributed by atoms with Crippen molar-refractivity contribution in [3.05, 3.63) is 47.4 Å². The van der Waals surface area contributed by atoms with Gasteiger partial charge in [-0.1, -0.05) is 52.0 Å². The van der Waals surface area contributed by atoms with Crippen LogP contribution in [0.3, 0.4) is 0 Å². The lowest BCUT2D eigenvalue weighted by atomic mass is 9.81. The van der Waals surface area contributed by atoms with Crippen LogP contribution in [-0.4, -0.2) is 10.2 Å². The fraction of sp³-hybridized carbons (Fsp3) is 0.565. The third-order valence-electron chi connectivity index (χ3n) is 5.79. The molecular formula is C23H31FN2. The Bertz CT molecular complexity index is 688. The van der Waals surface area contributed by atoms with Gasteiger partial charge in [0.15, 0.2) is 0 Å². The van der Waals surface area contributed by atoms with Gasteiger partial charge < -0.3 is 0 Å². The van der Waals surface area contributed by atoms with E-state index in [1.807, 2.05) is 24.3 Å². The fourth-order valence-corrected chi connectivity index (χ4v) is 3.91. The highest BCUT2D eigenvalue weighted by Gasteiger charge is 2.18. The van der Waals surface area contributed by atoms with E-state index in [0.29, 0.717) is 11.3 Å². The van der Waals surface area contributed by atoms with E-state index in [9.17, 15) is 4.39 Å².